The molecule has 0 aromatic heterocycles. The van der Waals surface area contributed by atoms with Gasteiger partial charge in [-0.15, -0.1) is 11.8 Å². The van der Waals surface area contributed by atoms with E-state index >= 15 is 0 Å². The first kappa shape index (κ1) is 20.4. The minimum absolute atomic E-state index is 0.289. The predicted octanol–water partition coefficient (Wildman–Crippen LogP) is 3.17. The number of carbonyl (C=O) groups excluding carboxylic acids is 1. The fourth-order valence-electron chi connectivity index (χ4n) is 3.54. The Kier molecular flexibility index (Phi) is 6.52. The number of rotatable bonds is 5. The number of esters is 1. The summed E-state index contributed by atoms with van der Waals surface area (Å²) in [5, 5.41) is 10.9. The van der Waals surface area contributed by atoms with Crippen LogP contribution in [0.1, 0.15) is 29.1 Å². The molecule has 154 valence electrons. The minimum Gasteiger partial charge on any atom is -0.453 e. The lowest BCUT2D eigenvalue weighted by Gasteiger charge is -2.47. The van der Waals surface area contributed by atoms with Gasteiger partial charge in [0.1, 0.15) is 23.7 Å². The number of fused-ring (bicyclic) bond motifs is 1. The summed E-state index contributed by atoms with van der Waals surface area (Å²) in [5.41, 5.74) is 0.767. The van der Waals surface area contributed by atoms with E-state index in [9.17, 15) is 9.90 Å². The van der Waals surface area contributed by atoms with Crippen molar-refractivity contribution in [3.05, 3.63) is 71.8 Å². The Hall–Kier alpha value is -1.90. The van der Waals surface area contributed by atoms with E-state index < -0.39 is 42.1 Å². The van der Waals surface area contributed by atoms with Gasteiger partial charge in [0.15, 0.2) is 12.4 Å². The maximum Gasteiger partial charge on any atom is 0.338 e. The van der Waals surface area contributed by atoms with Crippen molar-refractivity contribution in [1.82, 2.24) is 0 Å². The Morgan fingerprint density at radius 2 is 1.79 bits per heavy atom. The van der Waals surface area contributed by atoms with Gasteiger partial charge in [0, 0.05) is 5.56 Å². The van der Waals surface area contributed by atoms with Crippen molar-refractivity contribution in [2.75, 3.05) is 12.4 Å². The molecule has 2 aliphatic rings. The van der Waals surface area contributed by atoms with Crippen LogP contribution in [0.15, 0.2) is 60.7 Å². The van der Waals surface area contributed by atoms with E-state index in [1.165, 1.54) is 11.8 Å². The molecular weight excluding hydrogens is 392 g/mol. The number of aliphatic hydroxyl groups excluding tert-OH is 1. The summed E-state index contributed by atoms with van der Waals surface area (Å²) in [6, 6.07) is 18.3. The van der Waals surface area contributed by atoms with Crippen LogP contribution < -0.4 is 0 Å². The van der Waals surface area contributed by atoms with Crippen LogP contribution in [-0.2, 0) is 18.9 Å². The Labute approximate surface area is 174 Å². The summed E-state index contributed by atoms with van der Waals surface area (Å²) in [6.07, 6.45) is -3.55. The van der Waals surface area contributed by atoms with Crippen LogP contribution in [0.4, 0.5) is 0 Å². The fourth-order valence-corrected chi connectivity index (χ4v) is 4.45. The van der Waals surface area contributed by atoms with E-state index in [4.69, 9.17) is 18.9 Å². The first-order chi connectivity index (χ1) is 14.2. The molecule has 0 saturated carbocycles. The number of ether oxygens (including phenoxy) is 4. The van der Waals surface area contributed by atoms with Gasteiger partial charge in [-0.25, -0.2) is 4.79 Å². The molecule has 0 radical (unpaired) electrons. The molecule has 4 rings (SSSR count). The number of hydrogen-bond donors (Lipinski definition) is 1. The quantitative estimate of drug-likeness (QED) is 0.751. The van der Waals surface area contributed by atoms with Gasteiger partial charge in [0.25, 0.3) is 0 Å². The van der Waals surface area contributed by atoms with Crippen molar-refractivity contribution in [2.45, 2.75) is 43.1 Å². The van der Waals surface area contributed by atoms with E-state index in [-0.39, 0.29) is 6.61 Å². The zero-order chi connectivity index (χ0) is 20.2. The topological polar surface area (TPSA) is 74.2 Å². The van der Waals surface area contributed by atoms with Crippen LogP contribution in [0.2, 0.25) is 0 Å². The van der Waals surface area contributed by atoms with Crippen LogP contribution in [0.25, 0.3) is 0 Å². The van der Waals surface area contributed by atoms with E-state index in [0.29, 0.717) is 5.56 Å². The first-order valence-electron chi connectivity index (χ1n) is 9.70. The number of thioether (sulfide) groups is 1. The SMILES string of the molecule is CCS[C@@H]1O[C@@H]2CO[C@@H](c3ccccc3)O[C@H]2[C@H](OC(=O)c2ccccc2)[C@H]1O. The third-order valence-corrected chi connectivity index (χ3v) is 6.01. The summed E-state index contributed by atoms with van der Waals surface area (Å²) in [5.74, 6) is 0.259. The number of carbonyl (C=O) groups is 1. The van der Waals surface area contributed by atoms with Crippen molar-refractivity contribution in [2.24, 2.45) is 0 Å². The predicted molar refractivity (Wildman–Crippen MR) is 108 cm³/mol. The third kappa shape index (κ3) is 4.49. The average molecular weight is 416 g/mol. The summed E-state index contributed by atoms with van der Waals surface area (Å²) < 4.78 is 23.8. The van der Waals surface area contributed by atoms with Gasteiger partial charge in [-0.3, -0.25) is 0 Å². The molecule has 0 bridgehead atoms. The summed E-state index contributed by atoms with van der Waals surface area (Å²) in [7, 11) is 0. The fraction of sp³-hybridized carbons (Fsp3) is 0.409. The zero-order valence-electron chi connectivity index (χ0n) is 16.0. The van der Waals surface area contributed by atoms with Crippen LogP contribution >= 0.6 is 11.8 Å². The highest BCUT2D eigenvalue weighted by atomic mass is 32.2. The molecule has 2 fully saturated rings. The second-order valence-electron chi connectivity index (χ2n) is 6.90. The Bertz CT molecular complexity index is 801. The molecule has 0 unspecified atom stereocenters. The lowest BCUT2D eigenvalue weighted by Crippen LogP contribution is -2.62. The molecule has 0 aliphatic carbocycles. The lowest BCUT2D eigenvalue weighted by molar-refractivity contribution is -0.317. The maximum absolute atomic E-state index is 12.7. The Balaban J connectivity index is 1.56. The molecule has 2 aliphatic heterocycles. The highest BCUT2D eigenvalue weighted by Gasteiger charge is 2.51. The second-order valence-corrected chi connectivity index (χ2v) is 8.28. The molecule has 2 saturated heterocycles. The highest BCUT2D eigenvalue weighted by Crippen LogP contribution is 2.38. The monoisotopic (exact) mass is 416 g/mol. The molecule has 2 aromatic carbocycles. The molecule has 29 heavy (non-hydrogen) atoms. The average Bonchev–Trinajstić information content (AvgIpc) is 2.77. The Morgan fingerprint density at radius 3 is 2.48 bits per heavy atom. The molecule has 2 heterocycles. The van der Waals surface area contributed by atoms with Crippen LogP contribution in [0.3, 0.4) is 0 Å². The smallest absolute Gasteiger partial charge is 0.338 e. The lowest BCUT2D eigenvalue weighted by atomic mass is 9.98. The largest absolute Gasteiger partial charge is 0.453 e. The third-order valence-electron chi connectivity index (χ3n) is 4.96. The standard InChI is InChI=1S/C22H24O6S/c1-2-29-22-17(23)19(27-20(24)14-9-5-3-6-10-14)18-16(26-22)13-25-21(28-18)15-11-7-4-8-12-15/h3-12,16-19,21-23H,2,13H2,1H3/t16-,17-,18-,19-,21-,22+/m1/s1. The molecule has 0 spiro atoms. The summed E-state index contributed by atoms with van der Waals surface area (Å²) >= 11 is 1.47. The minimum atomic E-state index is -1.01. The van der Waals surface area contributed by atoms with Crippen molar-refractivity contribution in [1.29, 1.82) is 0 Å². The van der Waals surface area contributed by atoms with Crippen molar-refractivity contribution in [3.63, 3.8) is 0 Å². The normalized spacial score (nSPS) is 31.7. The van der Waals surface area contributed by atoms with Gasteiger partial charge in [0.05, 0.1) is 12.2 Å². The molecule has 6 atom stereocenters. The van der Waals surface area contributed by atoms with E-state index in [1.54, 1.807) is 24.3 Å². The van der Waals surface area contributed by atoms with E-state index in [2.05, 4.69) is 0 Å². The van der Waals surface area contributed by atoms with Gasteiger partial charge >= 0.3 is 5.97 Å². The molecule has 2 aromatic rings. The molecule has 1 N–H and O–H groups in total. The summed E-state index contributed by atoms with van der Waals surface area (Å²) in [4.78, 5) is 12.7. The van der Waals surface area contributed by atoms with Crippen molar-refractivity contribution >= 4 is 17.7 Å². The van der Waals surface area contributed by atoms with Gasteiger partial charge in [-0.05, 0) is 17.9 Å². The Morgan fingerprint density at radius 1 is 1.10 bits per heavy atom. The maximum atomic E-state index is 12.7. The van der Waals surface area contributed by atoms with Crippen LogP contribution in [0.5, 0.6) is 0 Å². The van der Waals surface area contributed by atoms with Gasteiger partial charge in [0.2, 0.25) is 0 Å². The number of benzene rings is 2. The number of hydrogen-bond acceptors (Lipinski definition) is 7. The van der Waals surface area contributed by atoms with Crippen molar-refractivity contribution in [3.8, 4) is 0 Å². The van der Waals surface area contributed by atoms with Gasteiger partial charge in [-0.1, -0.05) is 55.5 Å². The van der Waals surface area contributed by atoms with E-state index in [0.717, 1.165) is 11.3 Å². The molecule has 0 amide bonds. The van der Waals surface area contributed by atoms with Crippen molar-refractivity contribution < 1.29 is 28.8 Å². The molecule has 7 heteroatoms. The van der Waals surface area contributed by atoms with E-state index in [1.807, 2.05) is 43.3 Å². The van der Waals surface area contributed by atoms with Gasteiger partial charge < -0.3 is 24.1 Å². The highest BCUT2D eigenvalue weighted by molar-refractivity contribution is 7.99. The molecule has 6 nitrogen and oxygen atoms in total. The van der Waals surface area contributed by atoms with Crippen LogP contribution in [0, 0.1) is 0 Å². The van der Waals surface area contributed by atoms with Crippen LogP contribution in [-0.4, -0.2) is 53.3 Å². The molecular formula is C22H24O6S. The number of aliphatic hydroxyl groups is 1. The summed E-state index contributed by atoms with van der Waals surface area (Å²) in [6.45, 7) is 2.27. The zero-order valence-corrected chi connectivity index (χ0v) is 16.9. The first-order valence-corrected chi connectivity index (χ1v) is 10.8. The van der Waals surface area contributed by atoms with Gasteiger partial charge in [-0.2, -0.15) is 0 Å². The second kappa shape index (κ2) is 9.28.